The van der Waals surface area contributed by atoms with Gasteiger partial charge in [-0.05, 0) is 25.0 Å². The van der Waals surface area contributed by atoms with Crippen molar-refractivity contribution in [2.75, 3.05) is 11.6 Å². The second-order valence-corrected chi connectivity index (χ2v) is 4.75. The van der Waals surface area contributed by atoms with Crippen molar-refractivity contribution >= 4 is 29.3 Å². The van der Waals surface area contributed by atoms with Gasteiger partial charge < -0.3 is 5.11 Å². The molecule has 0 aromatic carbocycles. The molecule has 0 fully saturated rings. The molecular weight excluding hydrogens is 244 g/mol. The van der Waals surface area contributed by atoms with E-state index in [2.05, 4.69) is 19.1 Å². The van der Waals surface area contributed by atoms with Crippen LogP contribution in [0.5, 0.6) is 0 Å². The van der Waals surface area contributed by atoms with Crippen molar-refractivity contribution in [1.82, 2.24) is 0 Å². The van der Waals surface area contributed by atoms with Gasteiger partial charge in [0, 0.05) is 17.2 Å². The molecule has 0 spiro atoms. The minimum Gasteiger partial charge on any atom is -0.481 e. The molecule has 0 aliphatic heterocycles. The molecule has 0 bridgehead atoms. The van der Waals surface area contributed by atoms with Crippen molar-refractivity contribution in [3.63, 3.8) is 0 Å². The van der Waals surface area contributed by atoms with Crippen LogP contribution in [0.4, 0.5) is 0 Å². The molecule has 0 aromatic heterocycles. The summed E-state index contributed by atoms with van der Waals surface area (Å²) in [7, 11) is 0. The summed E-state index contributed by atoms with van der Waals surface area (Å²) < 4.78 is 0. The Labute approximate surface area is 107 Å². The molecule has 0 amide bonds. The van der Waals surface area contributed by atoms with E-state index in [9.17, 15) is 4.79 Å². The number of unbranched alkanes of at least 4 members (excludes halogenated alkanes) is 1. The molecule has 0 atom stereocenters. The SMILES string of the molecule is CC/C=C\C(=C/CCl)SCCCCC(=O)O. The summed E-state index contributed by atoms with van der Waals surface area (Å²) in [6.45, 7) is 2.09. The van der Waals surface area contributed by atoms with Crippen LogP contribution in [0.15, 0.2) is 23.1 Å². The molecule has 0 saturated carbocycles. The van der Waals surface area contributed by atoms with Crippen molar-refractivity contribution < 1.29 is 9.90 Å². The molecular formula is C12H19ClO2S. The highest BCUT2D eigenvalue weighted by Crippen LogP contribution is 2.19. The van der Waals surface area contributed by atoms with Crippen molar-refractivity contribution in [3.8, 4) is 0 Å². The van der Waals surface area contributed by atoms with E-state index in [4.69, 9.17) is 16.7 Å². The lowest BCUT2D eigenvalue weighted by molar-refractivity contribution is -0.137. The number of hydrogen-bond donors (Lipinski definition) is 1. The van der Waals surface area contributed by atoms with Gasteiger partial charge in [0.15, 0.2) is 0 Å². The number of hydrogen-bond acceptors (Lipinski definition) is 2. The number of carboxylic acids is 1. The van der Waals surface area contributed by atoms with E-state index in [1.165, 1.54) is 4.91 Å². The number of halogens is 1. The third-order valence-electron chi connectivity index (χ3n) is 1.85. The summed E-state index contributed by atoms with van der Waals surface area (Å²) in [5.41, 5.74) is 0. The van der Waals surface area contributed by atoms with E-state index in [1.807, 2.05) is 6.08 Å². The predicted molar refractivity (Wildman–Crippen MR) is 72.2 cm³/mol. The number of rotatable bonds is 9. The molecule has 0 heterocycles. The largest absolute Gasteiger partial charge is 0.481 e. The van der Waals surface area contributed by atoms with Crippen LogP contribution in [0.25, 0.3) is 0 Å². The molecule has 0 saturated heterocycles. The van der Waals surface area contributed by atoms with E-state index < -0.39 is 5.97 Å². The van der Waals surface area contributed by atoms with Crippen LogP contribution in [-0.2, 0) is 4.79 Å². The lowest BCUT2D eigenvalue weighted by Crippen LogP contribution is -1.94. The fraction of sp³-hybridized carbons (Fsp3) is 0.583. The normalized spacial score (nSPS) is 12.2. The van der Waals surface area contributed by atoms with Gasteiger partial charge in [-0.15, -0.1) is 23.4 Å². The van der Waals surface area contributed by atoms with Gasteiger partial charge in [0.25, 0.3) is 0 Å². The smallest absolute Gasteiger partial charge is 0.303 e. The van der Waals surface area contributed by atoms with E-state index in [-0.39, 0.29) is 6.42 Å². The van der Waals surface area contributed by atoms with Gasteiger partial charge in [-0.3, -0.25) is 4.79 Å². The predicted octanol–water partition coefficient (Wildman–Crippen LogP) is 4.06. The second kappa shape index (κ2) is 11.1. The maximum absolute atomic E-state index is 10.3. The maximum Gasteiger partial charge on any atom is 0.303 e. The van der Waals surface area contributed by atoms with Crippen LogP contribution in [0.3, 0.4) is 0 Å². The number of carboxylic acid groups (broad SMARTS) is 1. The van der Waals surface area contributed by atoms with E-state index in [1.54, 1.807) is 11.8 Å². The molecule has 0 aliphatic rings. The Balaban J connectivity index is 3.73. The molecule has 1 N–H and O–H groups in total. The van der Waals surface area contributed by atoms with Crippen molar-refractivity contribution in [1.29, 1.82) is 0 Å². The topological polar surface area (TPSA) is 37.3 Å². The van der Waals surface area contributed by atoms with Gasteiger partial charge in [0.1, 0.15) is 0 Å². The number of thioether (sulfide) groups is 1. The highest BCUT2D eigenvalue weighted by atomic mass is 35.5. The highest BCUT2D eigenvalue weighted by molar-refractivity contribution is 8.03. The third kappa shape index (κ3) is 10.1. The Morgan fingerprint density at radius 3 is 2.75 bits per heavy atom. The molecule has 4 heteroatoms. The molecule has 16 heavy (non-hydrogen) atoms. The van der Waals surface area contributed by atoms with Crippen molar-refractivity contribution in [3.05, 3.63) is 23.1 Å². The molecule has 0 rings (SSSR count). The summed E-state index contributed by atoms with van der Waals surface area (Å²) in [5, 5.41) is 8.48. The summed E-state index contributed by atoms with van der Waals surface area (Å²) in [5.74, 6) is 0.752. The Morgan fingerprint density at radius 2 is 2.19 bits per heavy atom. The third-order valence-corrected chi connectivity index (χ3v) is 3.13. The fourth-order valence-electron chi connectivity index (χ4n) is 1.05. The molecule has 0 aliphatic carbocycles. The average molecular weight is 263 g/mol. The van der Waals surface area contributed by atoms with E-state index in [0.29, 0.717) is 5.88 Å². The summed E-state index contributed by atoms with van der Waals surface area (Å²) >= 11 is 7.39. The average Bonchev–Trinajstić information content (AvgIpc) is 2.24. The quantitative estimate of drug-likeness (QED) is 0.387. The Morgan fingerprint density at radius 1 is 1.44 bits per heavy atom. The van der Waals surface area contributed by atoms with Crippen LogP contribution in [-0.4, -0.2) is 22.7 Å². The summed E-state index contributed by atoms with van der Waals surface area (Å²) in [6.07, 6.45) is 9.10. The monoisotopic (exact) mass is 262 g/mol. The second-order valence-electron chi connectivity index (χ2n) is 3.27. The first-order valence-corrected chi connectivity index (χ1v) is 7.00. The van der Waals surface area contributed by atoms with Gasteiger partial charge in [0.05, 0.1) is 0 Å². The van der Waals surface area contributed by atoms with Crippen LogP contribution in [0.2, 0.25) is 0 Å². The molecule has 0 aromatic rings. The van der Waals surface area contributed by atoms with Gasteiger partial charge >= 0.3 is 5.97 Å². The van der Waals surface area contributed by atoms with Gasteiger partial charge in [-0.2, -0.15) is 0 Å². The minimum absolute atomic E-state index is 0.264. The van der Waals surface area contributed by atoms with E-state index >= 15 is 0 Å². The molecule has 92 valence electrons. The minimum atomic E-state index is -0.715. The van der Waals surface area contributed by atoms with Crippen LogP contribution < -0.4 is 0 Å². The lowest BCUT2D eigenvalue weighted by Gasteiger charge is -2.01. The summed E-state index contributed by atoms with van der Waals surface area (Å²) in [4.78, 5) is 11.5. The van der Waals surface area contributed by atoms with Crippen molar-refractivity contribution in [2.45, 2.75) is 32.6 Å². The molecule has 0 unspecified atom stereocenters. The Bertz CT molecular complexity index is 249. The fourth-order valence-corrected chi connectivity index (χ4v) is 2.29. The zero-order chi connectivity index (χ0) is 12.2. The number of aliphatic carboxylic acids is 1. The zero-order valence-electron chi connectivity index (χ0n) is 9.62. The Kier molecular flexibility index (Phi) is 10.8. The lowest BCUT2D eigenvalue weighted by atomic mass is 10.2. The van der Waals surface area contributed by atoms with Gasteiger partial charge in [-0.25, -0.2) is 0 Å². The van der Waals surface area contributed by atoms with Crippen molar-refractivity contribution in [2.24, 2.45) is 0 Å². The molecule has 0 radical (unpaired) electrons. The Hall–Kier alpha value is -0.410. The summed E-state index contributed by atoms with van der Waals surface area (Å²) in [6, 6.07) is 0. The first-order chi connectivity index (χ1) is 7.70. The first kappa shape index (κ1) is 15.6. The van der Waals surface area contributed by atoms with Crippen LogP contribution >= 0.6 is 23.4 Å². The number of carbonyl (C=O) groups is 1. The first-order valence-electron chi connectivity index (χ1n) is 5.48. The molecule has 2 nitrogen and oxygen atoms in total. The van der Waals surface area contributed by atoms with Gasteiger partial charge in [-0.1, -0.05) is 25.2 Å². The number of allylic oxidation sites excluding steroid dienone is 3. The zero-order valence-corrected chi connectivity index (χ0v) is 11.2. The van der Waals surface area contributed by atoms with Crippen LogP contribution in [0, 0.1) is 0 Å². The van der Waals surface area contributed by atoms with E-state index in [0.717, 1.165) is 25.0 Å². The van der Waals surface area contributed by atoms with Crippen LogP contribution in [0.1, 0.15) is 32.6 Å². The highest BCUT2D eigenvalue weighted by Gasteiger charge is 1.98. The number of alkyl halides is 1. The standard InChI is InChI=1S/C12H19ClO2S/c1-2-3-6-11(8-9-13)16-10-5-4-7-12(14)15/h3,6,8H,2,4-5,7,9-10H2,1H3,(H,14,15)/b6-3-,11-8+. The van der Waals surface area contributed by atoms with Gasteiger partial charge in [0.2, 0.25) is 0 Å². The maximum atomic E-state index is 10.3.